The van der Waals surface area contributed by atoms with Crippen LogP contribution in [0, 0.1) is 5.92 Å². The second-order valence-corrected chi connectivity index (χ2v) is 10.8. The number of thiophene rings is 1. The van der Waals surface area contributed by atoms with Gasteiger partial charge in [-0.2, -0.15) is 11.8 Å². The lowest BCUT2D eigenvalue weighted by Crippen LogP contribution is -2.42. The molecule has 0 unspecified atom stereocenters. The highest BCUT2D eigenvalue weighted by Gasteiger charge is 2.31. The Hall–Kier alpha value is -1.56. The second kappa shape index (κ2) is 7.29. The molecule has 0 N–H and O–H groups in total. The third-order valence-corrected chi connectivity index (χ3v) is 8.94. The van der Waals surface area contributed by atoms with Crippen LogP contribution in [0.4, 0.5) is 0 Å². The van der Waals surface area contributed by atoms with Crippen LogP contribution in [-0.2, 0) is 19.5 Å². The third kappa shape index (κ3) is 3.28. The van der Waals surface area contributed by atoms with Crippen molar-refractivity contribution in [2.24, 2.45) is 5.92 Å². The molecule has 0 radical (unpaired) electrons. The quantitative estimate of drug-likeness (QED) is 0.591. The predicted molar refractivity (Wildman–Crippen MR) is 124 cm³/mol. The summed E-state index contributed by atoms with van der Waals surface area (Å²) in [4.78, 5) is 16.3. The minimum atomic E-state index is 0.224. The molecule has 1 saturated heterocycles. The van der Waals surface area contributed by atoms with Gasteiger partial charge in [-0.25, -0.2) is 0 Å². The molecule has 1 aromatic carbocycles. The van der Waals surface area contributed by atoms with Gasteiger partial charge >= 0.3 is 0 Å². The summed E-state index contributed by atoms with van der Waals surface area (Å²) in [6, 6.07) is 11.5. The van der Waals surface area contributed by atoms with Gasteiger partial charge in [0.15, 0.2) is 0 Å². The molecule has 3 aromatic rings. The van der Waals surface area contributed by atoms with Crippen LogP contribution in [0.5, 0.6) is 0 Å². The van der Waals surface area contributed by atoms with Crippen molar-refractivity contribution in [2.45, 2.75) is 44.8 Å². The van der Waals surface area contributed by atoms with E-state index in [1.54, 1.807) is 11.3 Å². The van der Waals surface area contributed by atoms with Crippen molar-refractivity contribution in [1.82, 2.24) is 9.47 Å². The average molecular weight is 423 g/mol. The third-order valence-electron chi connectivity index (χ3n) is 6.83. The molecule has 2 aliphatic heterocycles. The van der Waals surface area contributed by atoms with Gasteiger partial charge in [-0.3, -0.25) is 9.69 Å². The first-order chi connectivity index (χ1) is 14.3. The van der Waals surface area contributed by atoms with Crippen LogP contribution in [0.1, 0.15) is 30.5 Å². The van der Waals surface area contributed by atoms with Crippen molar-refractivity contribution < 1.29 is 0 Å². The van der Waals surface area contributed by atoms with E-state index in [1.807, 2.05) is 0 Å². The van der Waals surface area contributed by atoms with Gasteiger partial charge in [0.1, 0.15) is 0 Å². The largest absolute Gasteiger partial charge is 0.311 e. The highest BCUT2D eigenvalue weighted by atomic mass is 32.2. The van der Waals surface area contributed by atoms with Gasteiger partial charge in [0, 0.05) is 59.4 Å². The van der Waals surface area contributed by atoms with Crippen LogP contribution < -0.4 is 5.56 Å². The van der Waals surface area contributed by atoms with Gasteiger partial charge < -0.3 is 4.57 Å². The molecule has 4 heterocycles. The second-order valence-electron chi connectivity index (χ2n) is 8.77. The number of hydrogen-bond donors (Lipinski definition) is 0. The van der Waals surface area contributed by atoms with E-state index in [9.17, 15) is 4.79 Å². The molecule has 1 saturated carbocycles. The highest BCUT2D eigenvalue weighted by molar-refractivity contribution is 7.99. The average Bonchev–Trinajstić information content (AvgIpc) is 3.20. The maximum Gasteiger partial charge on any atom is 0.258 e. The SMILES string of the molecule is O=c1c(-c2cccc3ccsc23)cc2c(n1CC1CC1)CCN([C@@H]1CCSC1)C2. The smallest absolute Gasteiger partial charge is 0.258 e. The van der Waals surface area contributed by atoms with E-state index in [0.717, 1.165) is 37.2 Å². The summed E-state index contributed by atoms with van der Waals surface area (Å²) in [5.41, 5.74) is 4.94. The minimum Gasteiger partial charge on any atom is -0.311 e. The van der Waals surface area contributed by atoms with Gasteiger partial charge in [-0.15, -0.1) is 11.3 Å². The Morgan fingerprint density at radius 1 is 1.10 bits per heavy atom. The van der Waals surface area contributed by atoms with Gasteiger partial charge in [0.05, 0.1) is 0 Å². The van der Waals surface area contributed by atoms with Crippen molar-refractivity contribution in [3.05, 3.63) is 57.3 Å². The summed E-state index contributed by atoms with van der Waals surface area (Å²) in [7, 11) is 0. The number of benzene rings is 1. The molecule has 0 amide bonds. The Morgan fingerprint density at radius 2 is 2.03 bits per heavy atom. The molecule has 150 valence electrons. The Bertz CT molecular complexity index is 1120. The van der Waals surface area contributed by atoms with Crippen molar-refractivity contribution in [3.8, 4) is 11.1 Å². The number of pyridine rings is 1. The molecular weight excluding hydrogens is 396 g/mol. The molecule has 3 aliphatic rings. The van der Waals surface area contributed by atoms with E-state index in [4.69, 9.17) is 0 Å². The zero-order valence-corrected chi connectivity index (χ0v) is 18.2. The summed E-state index contributed by atoms with van der Waals surface area (Å²) >= 11 is 3.83. The van der Waals surface area contributed by atoms with Gasteiger partial charge in [0.2, 0.25) is 0 Å². The number of fused-ring (bicyclic) bond motifs is 2. The Labute approximate surface area is 179 Å². The van der Waals surface area contributed by atoms with Crippen LogP contribution >= 0.6 is 23.1 Å². The lowest BCUT2D eigenvalue weighted by molar-refractivity contribution is 0.190. The molecule has 1 aliphatic carbocycles. The summed E-state index contributed by atoms with van der Waals surface area (Å²) in [5.74, 6) is 3.26. The molecule has 29 heavy (non-hydrogen) atoms. The standard InChI is InChI=1S/C24H26N2OS2/c27-24-21(20-3-1-2-17-7-11-29-23(17)20)12-18-14-25(19-8-10-28-15-19)9-6-22(18)26(24)13-16-4-5-16/h1-3,7,11-12,16,19H,4-6,8-10,13-15H2/t19-/m1/s1. The molecule has 1 atom stereocenters. The van der Waals surface area contributed by atoms with Gasteiger partial charge in [-0.05, 0) is 59.4 Å². The molecule has 0 bridgehead atoms. The van der Waals surface area contributed by atoms with Crippen molar-refractivity contribution >= 4 is 33.2 Å². The van der Waals surface area contributed by atoms with Crippen LogP contribution in [0.15, 0.2) is 40.5 Å². The Morgan fingerprint density at radius 3 is 2.86 bits per heavy atom. The van der Waals surface area contributed by atoms with Crippen LogP contribution in [-0.4, -0.2) is 33.6 Å². The zero-order chi connectivity index (χ0) is 19.4. The first-order valence-electron chi connectivity index (χ1n) is 10.8. The summed E-state index contributed by atoms with van der Waals surface area (Å²) in [5, 5.41) is 3.37. The zero-order valence-electron chi connectivity index (χ0n) is 16.6. The normalized spacial score (nSPS) is 22.3. The molecule has 2 fully saturated rings. The molecular formula is C24H26N2OS2. The lowest BCUT2D eigenvalue weighted by atomic mass is 9.97. The maximum absolute atomic E-state index is 13.7. The molecule has 2 aromatic heterocycles. The minimum absolute atomic E-state index is 0.224. The van der Waals surface area contributed by atoms with Gasteiger partial charge in [-0.1, -0.05) is 18.2 Å². The molecule has 0 spiro atoms. The fourth-order valence-corrected chi connectivity index (χ4v) is 7.19. The number of aromatic nitrogens is 1. The van der Waals surface area contributed by atoms with E-state index in [-0.39, 0.29) is 5.56 Å². The first-order valence-corrected chi connectivity index (χ1v) is 12.9. The molecule has 3 nitrogen and oxygen atoms in total. The maximum atomic E-state index is 13.7. The van der Waals surface area contributed by atoms with E-state index >= 15 is 0 Å². The monoisotopic (exact) mass is 422 g/mol. The van der Waals surface area contributed by atoms with E-state index < -0.39 is 0 Å². The summed E-state index contributed by atoms with van der Waals surface area (Å²) in [6.07, 6.45) is 4.87. The van der Waals surface area contributed by atoms with Crippen LogP contribution in [0.3, 0.4) is 0 Å². The topological polar surface area (TPSA) is 25.2 Å². The van der Waals surface area contributed by atoms with E-state index in [0.29, 0.717) is 12.0 Å². The van der Waals surface area contributed by atoms with Crippen molar-refractivity contribution in [1.29, 1.82) is 0 Å². The fraction of sp³-hybridized carbons (Fsp3) is 0.458. The predicted octanol–water partition coefficient (Wildman–Crippen LogP) is 5.00. The number of nitrogens with zero attached hydrogens (tertiary/aromatic N) is 2. The Kier molecular flexibility index (Phi) is 4.58. The molecule has 6 rings (SSSR count). The van der Waals surface area contributed by atoms with E-state index in [2.05, 4.69) is 56.9 Å². The summed E-state index contributed by atoms with van der Waals surface area (Å²) < 4.78 is 3.40. The van der Waals surface area contributed by atoms with Crippen LogP contribution in [0.2, 0.25) is 0 Å². The molecule has 5 heteroatoms. The fourth-order valence-electron chi connectivity index (χ4n) is 5.01. The first kappa shape index (κ1) is 18.2. The van der Waals surface area contributed by atoms with Gasteiger partial charge in [0.25, 0.3) is 5.56 Å². The van der Waals surface area contributed by atoms with Crippen molar-refractivity contribution in [3.63, 3.8) is 0 Å². The number of hydrogen-bond acceptors (Lipinski definition) is 4. The van der Waals surface area contributed by atoms with Crippen LogP contribution in [0.25, 0.3) is 21.2 Å². The van der Waals surface area contributed by atoms with Crippen molar-refractivity contribution in [2.75, 3.05) is 18.1 Å². The lowest BCUT2D eigenvalue weighted by Gasteiger charge is -2.34. The number of thioether (sulfide) groups is 1. The summed E-state index contributed by atoms with van der Waals surface area (Å²) in [6.45, 7) is 3.01. The Balaban J connectivity index is 1.49. The highest BCUT2D eigenvalue weighted by Crippen LogP contribution is 2.35. The number of rotatable bonds is 4. The van der Waals surface area contributed by atoms with E-state index in [1.165, 1.54) is 52.1 Å².